The van der Waals surface area contributed by atoms with Crippen molar-refractivity contribution in [2.45, 2.75) is 65.5 Å². The molecule has 1 aromatic rings. The van der Waals surface area contributed by atoms with E-state index >= 15 is 0 Å². The Morgan fingerprint density at radius 1 is 1.18 bits per heavy atom. The third kappa shape index (κ3) is 6.77. The van der Waals surface area contributed by atoms with E-state index in [0.717, 1.165) is 43.6 Å². The van der Waals surface area contributed by atoms with Crippen molar-refractivity contribution < 1.29 is 13.2 Å². The molecular formula is C23H33F3N2. The van der Waals surface area contributed by atoms with Crippen LogP contribution in [0.4, 0.5) is 13.2 Å². The second-order valence-electron chi connectivity index (χ2n) is 7.74. The molecule has 1 aromatic carbocycles. The molecule has 0 bridgehead atoms. The van der Waals surface area contributed by atoms with Gasteiger partial charge in [-0.3, -0.25) is 4.99 Å². The van der Waals surface area contributed by atoms with Crippen LogP contribution >= 0.6 is 0 Å². The molecule has 0 spiro atoms. The SMILES string of the molecule is C/C=C(\N=C(C)C1CCCC(CNCC)CCC1)c1cccc(C(F)(F)F)c1. The average molecular weight is 395 g/mol. The summed E-state index contributed by atoms with van der Waals surface area (Å²) in [5.74, 6) is 1.18. The highest BCUT2D eigenvalue weighted by Crippen LogP contribution is 2.32. The zero-order valence-corrected chi connectivity index (χ0v) is 17.3. The summed E-state index contributed by atoms with van der Waals surface area (Å²) in [5.41, 5.74) is 1.55. The molecule has 0 atom stereocenters. The predicted molar refractivity (Wildman–Crippen MR) is 111 cm³/mol. The molecule has 0 unspecified atom stereocenters. The molecule has 1 fully saturated rings. The minimum atomic E-state index is -4.34. The molecule has 0 aromatic heterocycles. The van der Waals surface area contributed by atoms with Crippen LogP contribution in [0, 0.1) is 11.8 Å². The molecule has 0 aliphatic heterocycles. The molecule has 1 N–H and O–H groups in total. The highest BCUT2D eigenvalue weighted by molar-refractivity contribution is 5.89. The molecule has 5 heteroatoms. The lowest BCUT2D eigenvalue weighted by Gasteiger charge is -2.25. The van der Waals surface area contributed by atoms with Crippen LogP contribution in [0.2, 0.25) is 0 Å². The van der Waals surface area contributed by atoms with Crippen LogP contribution in [0.25, 0.3) is 5.70 Å². The van der Waals surface area contributed by atoms with Crippen molar-refractivity contribution in [2.75, 3.05) is 13.1 Å². The van der Waals surface area contributed by atoms with E-state index in [1.807, 2.05) is 13.8 Å². The molecule has 1 aliphatic rings. The smallest absolute Gasteiger partial charge is 0.317 e. The molecule has 1 aliphatic carbocycles. The fourth-order valence-corrected chi connectivity index (χ4v) is 4.00. The molecule has 0 amide bonds. The van der Waals surface area contributed by atoms with Crippen molar-refractivity contribution in [1.29, 1.82) is 0 Å². The summed E-state index contributed by atoms with van der Waals surface area (Å²) in [5, 5.41) is 3.46. The summed E-state index contributed by atoms with van der Waals surface area (Å²) in [7, 11) is 0. The maximum atomic E-state index is 13.0. The molecule has 28 heavy (non-hydrogen) atoms. The summed E-state index contributed by atoms with van der Waals surface area (Å²) in [6.45, 7) is 8.12. The molecule has 2 nitrogen and oxygen atoms in total. The Kier molecular flexibility index (Phi) is 8.74. The van der Waals surface area contributed by atoms with Gasteiger partial charge in [-0.15, -0.1) is 0 Å². The first-order valence-electron chi connectivity index (χ1n) is 10.4. The van der Waals surface area contributed by atoms with Gasteiger partial charge in [0.2, 0.25) is 0 Å². The van der Waals surface area contributed by atoms with E-state index in [2.05, 4.69) is 12.2 Å². The van der Waals surface area contributed by atoms with Gasteiger partial charge < -0.3 is 5.32 Å². The maximum Gasteiger partial charge on any atom is 0.416 e. The first-order chi connectivity index (χ1) is 13.3. The van der Waals surface area contributed by atoms with Crippen molar-refractivity contribution >= 4 is 11.4 Å². The monoisotopic (exact) mass is 394 g/mol. The largest absolute Gasteiger partial charge is 0.416 e. The van der Waals surface area contributed by atoms with Gasteiger partial charge >= 0.3 is 6.18 Å². The Labute approximate surface area is 167 Å². The Morgan fingerprint density at radius 2 is 1.86 bits per heavy atom. The van der Waals surface area contributed by atoms with E-state index in [0.29, 0.717) is 17.2 Å². The van der Waals surface area contributed by atoms with Gasteiger partial charge in [-0.2, -0.15) is 13.2 Å². The molecule has 1 saturated carbocycles. The maximum absolute atomic E-state index is 13.0. The first-order valence-corrected chi connectivity index (χ1v) is 10.4. The number of hydrogen-bond acceptors (Lipinski definition) is 2. The molecule has 2 rings (SSSR count). The van der Waals surface area contributed by atoms with Crippen molar-refractivity contribution in [3.05, 3.63) is 41.5 Å². The Hall–Kier alpha value is -1.62. The van der Waals surface area contributed by atoms with Gasteiger partial charge in [0.15, 0.2) is 0 Å². The normalized spacial score (nSPS) is 22.6. The molecule has 0 saturated heterocycles. The number of benzene rings is 1. The van der Waals surface area contributed by atoms with Crippen molar-refractivity contribution in [1.82, 2.24) is 5.32 Å². The molecule has 0 heterocycles. The number of alkyl halides is 3. The van der Waals surface area contributed by atoms with E-state index in [1.54, 1.807) is 12.1 Å². The molecule has 156 valence electrons. The van der Waals surface area contributed by atoms with Gasteiger partial charge in [0.1, 0.15) is 0 Å². The van der Waals surface area contributed by atoms with Gasteiger partial charge in [-0.25, -0.2) is 0 Å². The third-order valence-corrected chi connectivity index (χ3v) is 5.66. The number of allylic oxidation sites excluding steroid dienone is 1. The summed E-state index contributed by atoms with van der Waals surface area (Å²) in [6.07, 6.45) is 4.52. The number of nitrogens with one attached hydrogen (secondary N) is 1. The van der Waals surface area contributed by atoms with Gasteiger partial charge in [-0.1, -0.05) is 38.0 Å². The van der Waals surface area contributed by atoms with Crippen molar-refractivity contribution in [2.24, 2.45) is 16.8 Å². The standard InChI is InChI=1S/C23H33F3N2/c1-4-22(20-13-8-14-21(15-20)23(24,25)26)28-17(3)19-11-6-9-18(10-7-12-19)16-27-5-2/h4,8,13-15,18-19,27H,5-7,9-12,16H2,1-3H3/b22-4-,28-17?. The highest BCUT2D eigenvalue weighted by Gasteiger charge is 2.30. The fraction of sp³-hybridized carbons (Fsp3) is 0.609. The van der Waals surface area contributed by atoms with Gasteiger partial charge in [0, 0.05) is 11.3 Å². The van der Waals surface area contributed by atoms with Crippen LogP contribution < -0.4 is 5.32 Å². The minimum Gasteiger partial charge on any atom is -0.317 e. The van der Waals surface area contributed by atoms with Crippen LogP contribution in [0.15, 0.2) is 35.3 Å². The van der Waals surface area contributed by atoms with Gasteiger partial charge in [0.05, 0.1) is 11.3 Å². The molecular weight excluding hydrogens is 361 g/mol. The van der Waals surface area contributed by atoms with E-state index in [4.69, 9.17) is 4.99 Å². The summed E-state index contributed by atoms with van der Waals surface area (Å²) < 4.78 is 39.1. The van der Waals surface area contributed by atoms with Crippen molar-refractivity contribution in [3.63, 3.8) is 0 Å². The summed E-state index contributed by atoms with van der Waals surface area (Å²) in [4.78, 5) is 4.75. The highest BCUT2D eigenvalue weighted by atomic mass is 19.4. The Morgan fingerprint density at radius 3 is 2.43 bits per heavy atom. The topological polar surface area (TPSA) is 24.4 Å². The second kappa shape index (κ2) is 10.8. The number of aliphatic imine (C=N–C) groups is 1. The summed E-state index contributed by atoms with van der Waals surface area (Å²) in [6, 6.07) is 5.44. The number of rotatable bonds is 6. The van der Waals surface area contributed by atoms with Gasteiger partial charge in [0.25, 0.3) is 0 Å². The van der Waals surface area contributed by atoms with Crippen LogP contribution in [0.5, 0.6) is 0 Å². The van der Waals surface area contributed by atoms with Crippen LogP contribution in [0.1, 0.15) is 70.4 Å². The van der Waals surface area contributed by atoms with E-state index in [-0.39, 0.29) is 0 Å². The van der Waals surface area contributed by atoms with Crippen molar-refractivity contribution in [3.8, 4) is 0 Å². The first kappa shape index (κ1) is 22.7. The lowest BCUT2D eigenvalue weighted by atomic mass is 9.84. The second-order valence-corrected chi connectivity index (χ2v) is 7.74. The van der Waals surface area contributed by atoms with Gasteiger partial charge in [-0.05, 0) is 76.6 Å². The number of halogens is 3. The van der Waals surface area contributed by atoms with E-state index < -0.39 is 11.7 Å². The lowest BCUT2D eigenvalue weighted by Crippen LogP contribution is -2.24. The zero-order valence-electron chi connectivity index (χ0n) is 17.3. The predicted octanol–water partition coefficient (Wildman–Crippen LogP) is 6.72. The Balaban J connectivity index is 2.07. The fourth-order valence-electron chi connectivity index (χ4n) is 4.00. The minimum absolute atomic E-state index is 0.417. The zero-order chi connectivity index (χ0) is 20.6. The molecule has 0 radical (unpaired) electrons. The van der Waals surface area contributed by atoms with E-state index in [1.165, 1.54) is 37.8 Å². The van der Waals surface area contributed by atoms with Crippen LogP contribution in [-0.2, 0) is 6.18 Å². The van der Waals surface area contributed by atoms with Crippen LogP contribution in [0.3, 0.4) is 0 Å². The summed E-state index contributed by atoms with van der Waals surface area (Å²) >= 11 is 0. The van der Waals surface area contributed by atoms with E-state index in [9.17, 15) is 13.2 Å². The van der Waals surface area contributed by atoms with Crippen LogP contribution in [-0.4, -0.2) is 18.8 Å². The number of hydrogen-bond donors (Lipinski definition) is 1. The number of nitrogens with zero attached hydrogens (tertiary/aromatic N) is 1. The Bertz CT molecular complexity index is 667. The average Bonchev–Trinajstić information content (AvgIpc) is 2.64. The quantitative estimate of drug-likeness (QED) is 0.532. The third-order valence-electron chi connectivity index (χ3n) is 5.66. The lowest BCUT2D eigenvalue weighted by molar-refractivity contribution is -0.137.